The molecular weight excluding hydrogens is 383 g/mol. The molecule has 122 valence electrons. The van der Waals surface area contributed by atoms with E-state index >= 15 is 0 Å². The van der Waals surface area contributed by atoms with E-state index in [9.17, 15) is 9.59 Å². The number of carbonyl (C=O) groups excluding carboxylic acids is 2. The molecular formula is C14H26O6Sn. The normalized spacial score (nSPS) is 23.8. The molecule has 0 saturated carbocycles. The molecule has 1 rings (SSSR count). The van der Waals surface area contributed by atoms with Crippen LogP contribution in [0.15, 0.2) is 0 Å². The van der Waals surface area contributed by atoms with Crippen LogP contribution in [0.1, 0.15) is 39.5 Å². The van der Waals surface area contributed by atoms with Crippen LogP contribution in [0, 0.1) is 0 Å². The van der Waals surface area contributed by atoms with Gasteiger partial charge in [0.15, 0.2) is 0 Å². The summed E-state index contributed by atoms with van der Waals surface area (Å²) in [6.07, 6.45) is 2.11. The summed E-state index contributed by atoms with van der Waals surface area (Å²) < 4.78 is 23.3. The molecule has 0 N–H and O–H groups in total. The van der Waals surface area contributed by atoms with Gasteiger partial charge in [-0.3, -0.25) is 0 Å². The number of esters is 2. The fraction of sp³-hybridized carbons (Fsp3) is 0.857. The van der Waals surface area contributed by atoms with Gasteiger partial charge in [-0.15, -0.1) is 0 Å². The van der Waals surface area contributed by atoms with Gasteiger partial charge in [0.2, 0.25) is 0 Å². The number of hydrogen-bond donors (Lipinski definition) is 0. The summed E-state index contributed by atoms with van der Waals surface area (Å²) in [5, 5.41) is 0. The minimum absolute atomic E-state index is 0.558. The van der Waals surface area contributed by atoms with Crippen LogP contribution in [0.5, 0.6) is 0 Å². The molecule has 1 aliphatic rings. The Morgan fingerprint density at radius 3 is 1.57 bits per heavy atom. The Morgan fingerprint density at radius 2 is 1.29 bits per heavy atom. The molecule has 1 fully saturated rings. The van der Waals surface area contributed by atoms with Crippen molar-refractivity contribution < 1.29 is 25.2 Å². The van der Waals surface area contributed by atoms with Crippen LogP contribution in [0.3, 0.4) is 0 Å². The second-order valence-electron chi connectivity index (χ2n) is 5.24. The molecule has 0 aromatic carbocycles. The summed E-state index contributed by atoms with van der Waals surface area (Å²) in [4.78, 5) is 23.8. The first-order chi connectivity index (χ1) is 10.0. The van der Waals surface area contributed by atoms with Gasteiger partial charge in [-0.2, -0.15) is 0 Å². The molecule has 0 radical (unpaired) electrons. The topological polar surface area (TPSA) is 71.1 Å². The summed E-state index contributed by atoms with van der Waals surface area (Å²) in [7, 11) is 2.57. The number of methoxy groups -OCH3 is 2. The van der Waals surface area contributed by atoms with Gasteiger partial charge in [0.25, 0.3) is 0 Å². The van der Waals surface area contributed by atoms with Crippen LogP contribution in [0.2, 0.25) is 8.87 Å². The average molecular weight is 409 g/mol. The Kier molecular flexibility index (Phi) is 7.97. The third-order valence-electron chi connectivity index (χ3n) is 3.65. The summed E-state index contributed by atoms with van der Waals surface area (Å²) >= 11 is -3.41. The van der Waals surface area contributed by atoms with E-state index in [-0.39, 0.29) is 0 Å². The standard InChI is InChI=1S/C6H8O6.2C4H9.Sn/c1-11-5(9)3(7)4(8)6(10)12-2;2*1-3-4-2;/h3-4H,1-2H3;2*1,3-4H2,2H3;/q-2;;;+2/t3-,4-;;;/m1.../s1. The summed E-state index contributed by atoms with van der Waals surface area (Å²) in [5.74, 6) is -1.12. The summed E-state index contributed by atoms with van der Waals surface area (Å²) in [6.45, 7) is 4.20. The van der Waals surface area contributed by atoms with Crippen molar-refractivity contribution in [2.24, 2.45) is 0 Å². The van der Waals surface area contributed by atoms with Crippen molar-refractivity contribution in [3.63, 3.8) is 0 Å². The van der Waals surface area contributed by atoms with E-state index < -0.39 is 43.4 Å². The number of unbranched alkanes of at least 4 members (excludes halogenated alkanes) is 2. The van der Waals surface area contributed by atoms with E-state index in [1.165, 1.54) is 14.2 Å². The molecule has 0 aromatic heterocycles. The van der Waals surface area contributed by atoms with E-state index in [1.54, 1.807) is 0 Å². The van der Waals surface area contributed by atoms with Crippen molar-refractivity contribution in [2.75, 3.05) is 14.2 Å². The Bertz CT molecular complexity index is 325. The van der Waals surface area contributed by atoms with Crippen molar-refractivity contribution in [3.8, 4) is 0 Å². The number of hydrogen-bond acceptors (Lipinski definition) is 6. The summed E-state index contributed by atoms with van der Waals surface area (Å²) in [6, 6.07) is 0. The predicted molar refractivity (Wildman–Crippen MR) is 79.0 cm³/mol. The Labute approximate surface area is 131 Å². The van der Waals surface area contributed by atoms with Gasteiger partial charge in [-0.05, 0) is 0 Å². The van der Waals surface area contributed by atoms with Crippen LogP contribution in [-0.2, 0) is 25.2 Å². The second-order valence-corrected chi connectivity index (χ2v) is 14.6. The van der Waals surface area contributed by atoms with Crippen molar-refractivity contribution in [1.82, 2.24) is 0 Å². The maximum atomic E-state index is 11.9. The quantitative estimate of drug-likeness (QED) is 0.452. The van der Waals surface area contributed by atoms with Gasteiger partial charge in [-0.25, -0.2) is 0 Å². The molecule has 6 nitrogen and oxygen atoms in total. The number of ether oxygens (including phenoxy) is 2. The Morgan fingerprint density at radius 1 is 0.905 bits per heavy atom. The van der Waals surface area contributed by atoms with Gasteiger partial charge < -0.3 is 0 Å². The molecule has 0 amide bonds. The van der Waals surface area contributed by atoms with Crippen molar-refractivity contribution in [2.45, 2.75) is 60.6 Å². The molecule has 0 aliphatic carbocycles. The van der Waals surface area contributed by atoms with E-state index in [0.717, 1.165) is 34.6 Å². The van der Waals surface area contributed by atoms with Gasteiger partial charge in [0.05, 0.1) is 0 Å². The zero-order valence-electron chi connectivity index (χ0n) is 13.3. The molecule has 21 heavy (non-hydrogen) atoms. The number of rotatable bonds is 8. The van der Waals surface area contributed by atoms with E-state index in [2.05, 4.69) is 13.8 Å². The Balaban J connectivity index is 2.94. The van der Waals surface area contributed by atoms with Crippen LogP contribution in [-0.4, -0.2) is 57.6 Å². The molecule has 0 aromatic rings. The van der Waals surface area contributed by atoms with Gasteiger partial charge >= 0.3 is 131 Å². The maximum absolute atomic E-state index is 11.9. The molecule has 1 heterocycles. The minimum atomic E-state index is -3.41. The SMILES string of the molecule is CCC[CH2][Sn]1([CH2]CCC)[O][C@@H](C(=O)OC)[C@H](C(=O)OC)[O]1. The average Bonchev–Trinajstić information content (AvgIpc) is 2.89. The zero-order valence-corrected chi connectivity index (χ0v) is 16.2. The first-order valence-electron chi connectivity index (χ1n) is 7.54. The second kappa shape index (κ2) is 8.95. The monoisotopic (exact) mass is 410 g/mol. The summed E-state index contributed by atoms with van der Waals surface area (Å²) in [5.41, 5.74) is 0. The molecule has 1 aliphatic heterocycles. The van der Waals surface area contributed by atoms with Gasteiger partial charge in [-0.1, -0.05) is 0 Å². The van der Waals surface area contributed by atoms with Crippen LogP contribution < -0.4 is 0 Å². The first-order valence-corrected chi connectivity index (χ1v) is 13.9. The molecule has 0 bridgehead atoms. The van der Waals surface area contributed by atoms with Gasteiger partial charge in [0.1, 0.15) is 0 Å². The van der Waals surface area contributed by atoms with Crippen LogP contribution >= 0.6 is 0 Å². The molecule has 1 saturated heterocycles. The van der Waals surface area contributed by atoms with E-state index in [4.69, 9.17) is 15.6 Å². The molecule has 7 heteroatoms. The van der Waals surface area contributed by atoms with Crippen LogP contribution in [0.4, 0.5) is 0 Å². The number of carbonyl (C=O) groups is 2. The fourth-order valence-corrected chi connectivity index (χ4v) is 13.6. The van der Waals surface area contributed by atoms with Crippen molar-refractivity contribution in [1.29, 1.82) is 0 Å². The van der Waals surface area contributed by atoms with Crippen LogP contribution in [0.25, 0.3) is 0 Å². The predicted octanol–water partition coefficient (Wildman–Crippen LogP) is 2.16. The molecule has 0 spiro atoms. The van der Waals surface area contributed by atoms with Gasteiger partial charge in [0, 0.05) is 0 Å². The fourth-order valence-electron chi connectivity index (χ4n) is 2.44. The molecule has 2 atom stereocenters. The van der Waals surface area contributed by atoms with E-state index in [1.807, 2.05) is 0 Å². The van der Waals surface area contributed by atoms with E-state index in [0.29, 0.717) is 0 Å². The third-order valence-corrected chi connectivity index (χ3v) is 13.9. The molecule has 0 unspecified atom stereocenters. The Hall–Kier alpha value is -0.341. The first kappa shape index (κ1) is 18.7. The third kappa shape index (κ3) is 4.82. The van der Waals surface area contributed by atoms with Crippen molar-refractivity contribution >= 4 is 31.1 Å². The van der Waals surface area contributed by atoms with Crippen molar-refractivity contribution in [3.05, 3.63) is 0 Å². The zero-order chi connectivity index (χ0) is 15.9.